The maximum absolute atomic E-state index is 12.4. The molecule has 3 aromatic carbocycles. The van der Waals surface area contributed by atoms with Crippen molar-refractivity contribution in [2.75, 3.05) is 21.3 Å². The van der Waals surface area contributed by atoms with E-state index in [1.807, 2.05) is 0 Å². The Hall–Kier alpha value is -4.00. The fourth-order valence-electron chi connectivity index (χ4n) is 2.78. The number of esters is 2. The molecule has 0 atom stereocenters. The van der Waals surface area contributed by atoms with E-state index in [4.69, 9.17) is 23.7 Å². The summed E-state index contributed by atoms with van der Waals surface area (Å²) in [5, 5.41) is 0. The lowest BCUT2D eigenvalue weighted by Crippen LogP contribution is -2.10. The van der Waals surface area contributed by atoms with Crippen molar-refractivity contribution in [3.63, 3.8) is 0 Å². The van der Waals surface area contributed by atoms with Gasteiger partial charge in [0.05, 0.1) is 32.5 Å². The number of benzene rings is 3. The molecule has 0 saturated carbocycles. The number of hydrogen-bond donors (Lipinski definition) is 0. The van der Waals surface area contributed by atoms with Crippen molar-refractivity contribution in [3.8, 4) is 23.0 Å². The maximum Gasteiger partial charge on any atom is 0.343 e. The van der Waals surface area contributed by atoms with Gasteiger partial charge in [0, 0.05) is 0 Å². The molecule has 0 fully saturated rings. The first kappa shape index (κ1) is 21.7. The number of methoxy groups -OCH3 is 3. The molecule has 7 heteroatoms. The summed E-state index contributed by atoms with van der Waals surface area (Å²) >= 11 is 0. The lowest BCUT2D eigenvalue weighted by molar-refractivity contribution is 0.0472. The number of carbonyl (C=O) groups is 2. The number of hydrogen-bond acceptors (Lipinski definition) is 7. The summed E-state index contributed by atoms with van der Waals surface area (Å²) in [5.41, 5.74) is 1.40. The predicted octanol–water partition coefficient (Wildman–Crippen LogP) is 4.29. The standard InChI is InChI=1S/C24H22O7/c1-27-19-8-4-6-17(13-19)23(25)30-15-16-10-11-21(22(12-16)29-3)31-24(26)18-7-5-9-20(14-18)28-2/h4-14H,15H2,1-3H3. The summed E-state index contributed by atoms with van der Waals surface area (Å²) in [4.78, 5) is 24.7. The molecule has 0 spiro atoms. The summed E-state index contributed by atoms with van der Waals surface area (Å²) in [7, 11) is 4.51. The average molecular weight is 422 g/mol. The van der Waals surface area contributed by atoms with Crippen LogP contribution < -0.4 is 18.9 Å². The third-order valence-corrected chi connectivity index (χ3v) is 4.41. The SMILES string of the molecule is COc1cccc(C(=O)OCc2ccc(OC(=O)c3cccc(OC)c3)c(OC)c2)c1. The highest BCUT2D eigenvalue weighted by Crippen LogP contribution is 2.29. The van der Waals surface area contributed by atoms with Crippen molar-refractivity contribution in [1.82, 2.24) is 0 Å². The van der Waals surface area contributed by atoms with Crippen molar-refractivity contribution in [3.05, 3.63) is 83.4 Å². The molecule has 0 saturated heterocycles. The van der Waals surface area contributed by atoms with Crippen molar-refractivity contribution in [2.24, 2.45) is 0 Å². The van der Waals surface area contributed by atoms with Crippen LogP contribution in [-0.2, 0) is 11.3 Å². The van der Waals surface area contributed by atoms with Gasteiger partial charge >= 0.3 is 11.9 Å². The first-order valence-corrected chi connectivity index (χ1v) is 9.38. The fourth-order valence-corrected chi connectivity index (χ4v) is 2.78. The van der Waals surface area contributed by atoms with Crippen molar-refractivity contribution in [2.45, 2.75) is 6.61 Å². The Labute approximate surface area is 180 Å². The van der Waals surface area contributed by atoms with Gasteiger partial charge in [-0.15, -0.1) is 0 Å². The minimum absolute atomic E-state index is 0.0243. The highest BCUT2D eigenvalue weighted by atomic mass is 16.6. The van der Waals surface area contributed by atoms with E-state index in [1.165, 1.54) is 21.3 Å². The third-order valence-electron chi connectivity index (χ3n) is 4.41. The molecule has 3 aromatic rings. The molecule has 0 amide bonds. The molecule has 160 valence electrons. The average Bonchev–Trinajstić information content (AvgIpc) is 2.83. The van der Waals surface area contributed by atoms with E-state index in [0.717, 1.165) is 0 Å². The van der Waals surface area contributed by atoms with E-state index in [-0.39, 0.29) is 12.4 Å². The number of ether oxygens (including phenoxy) is 5. The molecule has 0 bridgehead atoms. The van der Waals surface area contributed by atoms with Crippen LogP contribution in [0.25, 0.3) is 0 Å². The minimum atomic E-state index is -0.547. The van der Waals surface area contributed by atoms with Gasteiger partial charge in [-0.2, -0.15) is 0 Å². The molecule has 3 rings (SSSR count). The molecule has 0 aromatic heterocycles. The Bertz CT molecular complexity index is 1080. The molecule has 0 N–H and O–H groups in total. The molecule has 7 nitrogen and oxygen atoms in total. The normalized spacial score (nSPS) is 10.2. The number of carbonyl (C=O) groups excluding carboxylic acids is 2. The van der Waals surface area contributed by atoms with Crippen LogP contribution in [0, 0.1) is 0 Å². The summed E-state index contributed by atoms with van der Waals surface area (Å²) in [5.74, 6) is 0.679. The molecule has 0 heterocycles. The summed E-state index contributed by atoms with van der Waals surface area (Å²) in [6, 6.07) is 18.3. The smallest absolute Gasteiger partial charge is 0.343 e. The van der Waals surface area contributed by atoms with Gasteiger partial charge in [-0.1, -0.05) is 18.2 Å². The van der Waals surface area contributed by atoms with E-state index >= 15 is 0 Å². The highest BCUT2D eigenvalue weighted by Gasteiger charge is 2.15. The fraction of sp³-hybridized carbons (Fsp3) is 0.167. The van der Waals surface area contributed by atoms with Crippen LogP contribution in [0.4, 0.5) is 0 Å². The quantitative estimate of drug-likeness (QED) is 0.396. The summed E-state index contributed by atoms with van der Waals surface area (Å²) in [6.45, 7) is 0.0243. The Morgan fingerprint density at radius 1 is 0.677 bits per heavy atom. The van der Waals surface area contributed by atoms with Crippen LogP contribution in [0.1, 0.15) is 26.3 Å². The predicted molar refractivity (Wildman–Crippen MR) is 113 cm³/mol. The number of rotatable bonds is 8. The molecule has 0 unspecified atom stereocenters. The zero-order valence-electron chi connectivity index (χ0n) is 17.4. The van der Waals surface area contributed by atoms with Gasteiger partial charge in [0.15, 0.2) is 11.5 Å². The van der Waals surface area contributed by atoms with E-state index in [0.29, 0.717) is 33.9 Å². The second-order valence-corrected chi connectivity index (χ2v) is 6.41. The van der Waals surface area contributed by atoms with Crippen LogP contribution in [0.2, 0.25) is 0 Å². The van der Waals surface area contributed by atoms with Gasteiger partial charge in [0.2, 0.25) is 0 Å². The van der Waals surface area contributed by atoms with Gasteiger partial charge < -0.3 is 23.7 Å². The van der Waals surface area contributed by atoms with Gasteiger partial charge in [-0.05, 0) is 54.1 Å². The van der Waals surface area contributed by atoms with Crippen LogP contribution >= 0.6 is 0 Å². The molecule has 0 aliphatic heterocycles. The first-order chi connectivity index (χ1) is 15.0. The minimum Gasteiger partial charge on any atom is -0.497 e. The van der Waals surface area contributed by atoms with Crippen LogP contribution in [0.15, 0.2) is 66.7 Å². The van der Waals surface area contributed by atoms with E-state index < -0.39 is 11.9 Å². The zero-order valence-corrected chi connectivity index (χ0v) is 17.4. The molecular weight excluding hydrogens is 400 g/mol. The van der Waals surface area contributed by atoms with Gasteiger partial charge in [0.1, 0.15) is 18.1 Å². The van der Waals surface area contributed by atoms with E-state index in [2.05, 4.69) is 0 Å². The van der Waals surface area contributed by atoms with Crippen LogP contribution in [0.5, 0.6) is 23.0 Å². The Morgan fingerprint density at radius 3 is 1.87 bits per heavy atom. The highest BCUT2D eigenvalue weighted by molar-refractivity contribution is 5.92. The second-order valence-electron chi connectivity index (χ2n) is 6.41. The maximum atomic E-state index is 12.4. The zero-order chi connectivity index (χ0) is 22.2. The lowest BCUT2D eigenvalue weighted by atomic mass is 10.2. The molecule has 0 radical (unpaired) electrons. The summed E-state index contributed by atoms with van der Waals surface area (Å²) < 4.78 is 26.4. The topological polar surface area (TPSA) is 80.3 Å². The van der Waals surface area contributed by atoms with Crippen molar-refractivity contribution in [1.29, 1.82) is 0 Å². The molecule has 31 heavy (non-hydrogen) atoms. The first-order valence-electron chi connectivity index (χ1n) is 9.38. The summed E-state index contributed by atoms with van der Waals surface area (Å²) in [6.07, 6.45) is 0. The van der Waals surface area contributed by atoms with Gasteiger partial charge in [0.25, 0.3) is 0 Å². The van der Waals surface area contributed by atoms with Crippen molar-refractivity contribution < 1.29 is 33.3 Å². The largest absolute Gasteiger partial charge is 0.497 e. The Balaban J connectivity index is 1.67. The van der Waals surface area contributed by atoms with Gasteiger partial charge in [-0.25, -0.2) is 9.59 Å². The second kappa shape index (κ2) is 10.2. The monoisotopic (exact) mass is 422 g/mol. The Kier molecular flexibility index (Phi) is 7.11. The van der Waals surface area contributed by atoms with Crippen LogP contribution in [0.3, 0.4) is 0 Å². The Morgan fingerprint density at radius 2 is 1.29 bits per heavy atom. The molecule has 0 aliphatic carbocycles. The molecule has 0 aliphatic rings. The van der Waals surface area contributed by atoms with Crippen molar-refractivity contribution >= 4 is 11.9 Å². The lowest BCUT2D eigenvalue weighted by Gasteiger charge is -2.12. The van der Waals surface area contributed by atoms with Crippen LogP contribution in [-0.4, -0.2) is 33.3 Å². The van der Waals surface area contributed by atoms with E-state index in [1.54, 1.807) is 66.7 Å². The third kappa shape index (κ3) is 5.54. The van der Waals surface area contributed by atoms with Gasteiger partial charge in [-0.3, -0.25) is 0 Å². The van der Waals surface area contributed by atoms with E-state index in [9.17, 15) is 9.59 Å². The molecular formula is C24H22O7.